The summed E-state index contributed by atoms with van der Waals surface area (Å²) in [6.45, 7) is 0.712. The molecule has 12 heavy (non-hydrogen) atoms. The largest absolute Gasteiger partial charge is 0.367 e. The molecular formula is C8H9N3O. The van der Waals surface area contributed by atoms with E-state index in [-0.39, 0.29) is 5.57 Å². The summed E-state index contributed by atoms with van der Waals surface area (Å²) in [5.74, 6) is 0. The highest BCUT2D eigenvalue weighted by atomic mass is 16.1. The first-order chi connectivity index (χ1) is 5.76. The molecule has 4 heteroatoms. The lowest BCUT2D eigenvalue weighted by atomic mass is 10.3. The summed E-state index contributed by atoms with van der Waals surface area (Å²) in [6, 6.07) is 1.79. The average Bonchev–Trinajstić information content (AvgIpc) is 2.47. The first-order valence-corrected chi connectivity index (χ1v) is 3.49. The standard InChI is InChI=1S/C8H9N3O/c1-11-4-8(10-6-11)2-7(3-9)5-12/h2,4-5,10H,6H2,1H3/b7-2+. The zero-order valence-corrected chi connectivity index (χ0v) is 6.74. The highest BCUT2D eigenvalue weighted by Crippen LogP contribution is 2.04. The maximum absolute atomic E-state index is 10.2. The number of carbonyl (C=O) groups is 1. The minimum absolute atomic E-state index is 0.129. The molecule has 0 atom stereocenters. The van der Waals surface area contributed by atoms with Crippen molar-refractivity contribution in [2.75, 3.05) is 13.7 Å². The number of aldehydes is 1. The quantitative estimate of drug-likeness (QED) is 0.353. The van der Waals surface area contributed by atoms with E-state index in [1.165, 1.54) is 6.08 Å². The van der Waals surface area contributed by atoms with Crippen molar-refractivity contribution in [1.82, 2.24) is 10.2 Å². The molecule has 0 bridgehead atoms. The Hall–Kier alpha value is -1.76. The van der Waals surface area contributed by atoms with Crippen LogP contribution < -0.4 is 5.32 Å². The molecule has 0 aromatic rings. The van der Waals surface area contributed by atoms with Crippen LogP contribution >= 0.6 is 0 Å². The minimum Gasteiger partial charge on any atom is -0.367 e. The van der Waals surface area contributed by atoms with E-state index in [4.69, 9.17) is 5.26 Å². The second kappa shape index (κ2) is 3.58. The fourth-order valence-electron chi connectivity index (χ4n) is 0.893. The third-order valence-corrected chi connectivity index (χ3v) is 1.46. The predicted octanol–water partition coefficient (Wildman–Crippen LogP) is -0.0308. The van der Waals surface area contributed by atoms with Gasteiger partial charge in [-0.1, -0.05) is 0 Å². The van der Waals surface area contributed by atoms with Crippen LogP contribution in [0.5, 0.6) is 0 Å². The van der Waals surface area contributed by atoms with E-state index in [2.05, 4.69) is 5.32 Å². The first kappa shape index (κ1) is 8.34. The molecule has 0 aliphatic carbocycles. The molecule has 0 saturated carbocycles. The molecule has 1 aliphatic heterocycles. The Morgan fingerprint density at radius 2 is 2.67 bits per heavy atom. The van der Waals surface area contributed by atoms with Gasteiger partial charge in [0.2, 0.25) is 0 Å². The highest BCUT2D eigenvalue weighted by molar-refractivity contribution is 5.79. The summed E-state index contributed by atoms with van der Waals surface area (Å²) < 4.78 is 0. The molecular weight excluding hydrogens is 154 g/mol. The number of nitrogens with one attached hydrogen (secondary N) is 1. The lowest BCUT2D eigenvalue weighted by Crippen LogP contribution is -2.16. The van der Waals surface area contributed by atoms with Gasteiger partial charge in [0.05, 0.1) is 17.9 Å². The van der Waals surface area contributed by atoms with Gasteiger partial charge in [0.25, 0.3) is 0 Å². The number of nitriles is 1. The van der Waals surface area contributed by atoms with Crippen LogP contribution in [0, 0.1) is 11.3 Å². The molecule has 4 nitrogen and oxygen atoms in total. The number of hydrogen-bond donors (Lipinski definition) is 1. The fourth-order valence-corrected chi connectivity index (χ4v) is 0.893. The van der Waals surface area contributed by atoms with Crippen LogP contribution in [-0.2, 0) is 4.79 Å². The zero-order chi connectivity index (χ0) is 8.97. The van der Waals surface area contributed by atoms with E-state index in [1.807, 2.05) is 18.1 Å². The highest BCUT2D eigenvalue weighted by Gasteiger charge is 2.05. The van der Waals surface area contributed by atoms with Gasteiger partial charge in [0.15, 0.2) is 6.29 Å². The number of rotatable bonds is 2. The molecule has 0 amide bonds. The van der Waals surface area contributed by atoms with Crippen molar-refractivity contribution in [2.45, 2.75) is 0 Å². The Bertz CT molecular complexity index is 285. The van der Waals surface area contributed by atoms with Crippen LogP contribution in [-0.4, -0.2) is 24.9 Å². The third kappa shape index (κ3) is 1.86. The monoisotopic (exact) mass is 163 g/mol. The smallest absolute Gasteiger partial charge is 0.160 e. The van der Waals surface area contributed by atoms with Crippen molar-refractivity contribution in [3.05, 3.63) is 23.5 Å². The van der Waals surface area contributed by atoms with E-state index < -0.39 is 0 Å². The van der Waals surface area contributed by atoms with E-state index in [1.54, 1.807) is 6.07 Å². The van der Waals surface area contributed by atoms with E-state index in [0.29, 0.717) is 13.0 Å². The molecule has 62 valence electrons. The second-order valence-electron chi connectivity index (χ2n) is 2.51. The van der Waals surface area contributed by atoms with Crippen LogP contribution in [0.4, 0.5) is 0 Å². The van der Waals surface area contributed by atoms with Crippen molar-refractivity contribution in [2.24, 2.45) is 0 Å². The van der Waals surface area contributed by atoms with Gasteiger partial charge in [0.1, 0.15) is 6.07 Å². The van der Waals surface area contributed by atoms with E-state index >= 15 is 0 Å². The van der Waals surface area contributed by atoms with Gasteiger partial charge in [-0.2, -0.15) is 5.26 Å². The maximum Gasteiger partial charge on any atom is 0.160 e. The summed E-state index contributed by atoms with van der Waals surface area (Å²) in [7, 11) is 1.90. The van der Waals surface area contributed by atoms with Crippen LogP contribution in [0.25, 0.3) is 0 Å². The van der Waals surface area contributed by atoms with Gasteiger partial charge >= 0.3 is 0 Å². The second-order valence-corrected chi connectivity index (χ2v) is 2.51. The Morgan fingerprint density at radius 3 is 3.08 bits per heavy atom. The van der Waals surface area contributed by atoms with Gasteiger partial charge in [0, 0.05) is 13.2 Å². The van der Waals surface area contributed by atoms with Crippen LogP contribution in [0.1, 0.15) is 0 Å². The molecule has 1 N–H and O–H groups in total. The number of allylic oxidation sites excluding steroid dienone is 2. The first-order valence-electron chi connectivity index (χ1n) is 3.49. The van der Waals surface area contributed by atoms with Gasteiger partial charge in [-0.3, -0.25) is 4.79 Å². The summed E-state index contributed by atoms with van der Waals surface area (Å²) in [5, 5.41) is 11.4. The van der Waals surface area contributed by atoms with Crippen LogP contribution in [0.3, 0.4) is 0 Å². The van der Waals surface area contributed by atoms with Gasteiger partial charge in [-0.05, 0) is 6.08 Å². The third-order valence-electron chi connectivity index (χ3n) is 1.46. The molecule has 1 aliphatic rings. The summed E-state index contributed by atoms with van der Waals surface area (Å²) in [4.78, 5) is 12.2. The lowest BCUT2D eigenvalue weighted by Gasteiger charge is -2.02. The Kier molecular flexibility index (Phi) is 2.49. The van der Waals surface area contributed by atoms with Crippen molar-refractivity contribution in [3.63, 3.8) is 0 Å². The van der Waals surface area contributed by atoms with Crippen molar-refractivity contribution >= 4 is 6.29 Å². The molecule has 1 heterocycles. The van der Waals surface area contributed by atoms with E-state index in [9.17, 15) is 4.79 Å². The summed E-state index contributed by atoms with van der Waals surface area (Å²) in [6.07, 6.45) is 3.90. The van der Waals surface area contributed by atoms with E-state index in [0.717, 1.165) is 5.70 Å². The van der Waals surface area contributed by atoms with Crippen molar-refractivity contribution in [1.29, 1.82) is 5.26 Å². The number of carbonyl (C=O) groups excluding carboxylic acids is 1. The zero-order valence-electron chi connectivity index (χ0n) is 6.74. The van der Waals surface area contributed by atoms with Gasteiger partial charge in [-0.15, -0.1) is 0 Å². The maximum atomic E-state index is 10.2. The SMILES string of the molecule is CN1C=C(/C=C(\C#N)C=O)NC1. The van der Waals surface area contributed by atoms with Crippen LogP contribution in [0.2, 0.25) is 0 Å². The van der Waals surface area contributed by atoms with Crippen LogP contribution in [0.15, 0.2) is 23.5 Å². The van der Waals surface area contributed by atoms with Crippen molar-refractivity contribution < 1.29 is 4.79 Å². The molecule has 0 aromatic heterocycles. The molecule has 1 rings (SSSR count). The Labute approximate surface area is 70.8 Å². The number of hydrogen-bond acceptors (Lipinski definition) is 4. The molecule has 0 fully saturated rings. The molecule has 0 spiro atoms. The summed E-state index contributed by atoms with van der Waals surface area (Å²) in [5.41, 5.74) is 0.921. The molecule has 0 saturated heterocycles. The Morgan fingerprint density at radius 1 is 1.92 bits per heavy atom. The molecule has 0 radical (unpaired) electrons. The lowest BCUT2D eigenvalue weighted by molar-refractivity contribution is -0.104. The summed E-state index contributed by atoms with van der Waals surface area (Å²) >= 11 is 0. The number of nitrogens with zero attached hydrogens (tertiary/aromatic N) is 2. The topological polar surface area (TPSA) is 56.1 Å². The van der Waals surface area contributed by atoms with Crippen molar-refractivity contribution in [3.8, 4) is 6.07 Å². The average molecular weight is 163 g/mol. The normalized spacial score (nSPS) is 16.5. The predicted molar refractivity (Wildman–Crippen MR) is 43.6 cm³/mol. The minimum atomic E-state index is 0.129. The molecule has 0 aromatic carbocycles. The fraction of sp³-hybridized carbons (Fsp3) is 0.250. The van der Waals surface area contributed by atoms with Gasteiger partial charge < -0.3 is 10.2 Å². The van der Waals surface area contributed by atoms with Gasteiger partial charge in [-0.25, -0.2) is 0 Å². The Balaban J connectivity index is 2.74. The molecule has 0 unspecified atom stereocenters.